The first-order valence-corrected chi connectivity index (χ1v) is 13.2. The van der Waals surface area contributed by atoms with Crippen molar-refractivity contribution < 1.29 is 0 Å². The van der Waals surface area contributed by atoms with Crippen LogP contribution in [0.4, 0.5) is 0 Å². The van der Waals surface area contributed by atoms with Crippen LogP contribution in [0.3, 0.4) is 0 Å². The van der Waals surface area contributed by atoms with E-state index in [1.807, 2.05) is 6.20 Å². The predicted molar refractivity (Wildman–Crippen MR) is 158 cm³/mol. The molecule has 2 heterocycles. The lowest BCUT2D eigenvalue weighted by molar-refractivity contribution is 0.407. The first kappa shape index (κ1) is 29.4. The van der Waals surface area contributed by atoms with Gasteiger partial charge in [-0.3, -0.25) is 0 Å². The standard InChI is InChI=1S/C13H17N.C12H18.C8H14N2/c1-13(2,3)9-11-8-10-6-4-5-7-12(10)14-11;1-10-5-7-11(8-6-10)9-12(2,3)4;1-8(2,3)4-7-5-9-6-10-7/h4-8,14H,9H2,1-3H3;5-8H,9H2,1-4H3;5-6H,4H2,1-3H3,(H,9,10). The number of aryl methyl sites for hydroxylation is 1. The van der Waals surface area contributed by atoms with Gasteiger partial charge in [-0.05, 0) is 65.5 Å². The van der Waals surface area contributed by atoms with Crippen molar-refractivity contribution in [3.8, 4) is 0 Å². The van der Waals surface area contributed by atoms with Crippen LogP contribution in [0.5, 0.6) is 0 Å². The smallest absolute Gasteiger partial charge is 0.0921 e. The fraction of sp³-hybridized carbons (Fsp3) is 0.485. The minimum Gasteiger partial charge on any atom is -0.358 e. The summed E-state index contributed by atoms with van der Waals surface area (Å²) in [5, 5.41) is 1.31. The van der Waals surface area contributed by atoms with Gasteiger partial charge >= 0.3 is 0 Å². The first-order valence-electron chi connectivity index (χ1n) is 13.2. The van der Waals surface area contributed by atoms with Crippen LogP contribution >= 0.6 is 0 Å². The Morgan fingerprint density at radius 3 is 1.72 bits per heavy atom. The van der Waals surface area contributed by atoms with Crippen molar-refractivity contribution in [3.05, 3.63) is 89.6 Å². The number of para-hydroxylation sites is 1. The number of aromatic amines is 2. The van der Waals surface area contributed by atoms with E-state index >= 15 is 0 Å². The highest BCUT2D eigenvalue weighted by Gasteiger charge is 2.13. The van der Waals surface area contributed by atoms with Gasteiger partial charge in [0, 0.05) is 23.1 Å². The van der Waals surface area contributed by atoms with Crippen molar-refractivity contribution in [2.75, 3.05) is 0 Å². The van der Waals surface area contributed by atoms with Crippen LogP contribution in [0.25, 0.3) is 10.9 Å². The van der Waals surface area contributed by atoms with Gasteiger partial charge in [0.2, 0.25) is 0 Å². The van der Waals surface area contributed by atoms with Gasteiger partial charge < -0.3 is 9.97 Å². The number of nitrogens with one attached hydrogen (secondary N) is 2. The third kappa shape index (κ3) is 12.2. The molecule has 0 aliphatic rings. The van der Waals surface area contributed by atoms with Gasteiger partial charge in [0.1, 0.15) is 0 Å². The van der Waals surface area contributed by atoms with Gasteiger partial charge in [0.05, 0.1) is 6.33 Å². The third-order valence-electron chi connectivity index (χ3n) is 5.44. The Morgan fingerprint density at radius 2 is 1.22 bits per heavy atom. The number of hydrogen-bond acceptors (Lipinski definition) is 1. The van der Waals surface area contributed by atoms with Crippen LogP contribution < -0.4 is 0 Å². The van der Waals surface area contributed by atoms with Gasteiger partial charge in [-0.25, -0.2) is 4.98 Å². The summed E-state index contributed by atoms with van der Waals surface area (Å²) in [4.78, 5) is 10.5. The molecule has 0 unspecified atom stereocenters. The molecule has 36 heavy (non-hydrogen) atoms. The molecule has 0 bridgehead atoms. The van der Waals surface area contributed by atoms with Crippen LogP contribution in [0, 0.1) is 23.2 Å². The maximum atomic E-state index is 3.95. The lowest BCUT2D eigenvalue weighted by Gasteiger charge is -2.17. The highest BCUT2D eigenvalue weighted by atomic mass is 14.9. The molecule has 0 fully saturated rings. The van der Waals surface area contributed by atoms with Gasteiger partial charge in [-0.15, -0.1) is 0 Å². The summed E-state index contributed by atoms with van der Waals surface area (Å²) in [5.41, 5.74) is 7.67. The summed E-state index contributed by atoms with van der Waals surface area (Å²) in [5.74, 6) is 0. The molecule has 3 heteroatoms. The number of fused-ring (bicyclic) bond motifs is 1. The number of hydrogen-bond donors (Lipinski definition) is 2. The molecule has 4 rings (SSSR count). The lowest BCUT2D eigenvalue weighted by Crippen LogP contribution is -2.09. The Hall–Kier alpha value is -2.81. The molecule has 0 atom stereocenters. The zero-order valence-electron chi connectivity index (χ0n) is 24.4. The second-order valence-corrected chi connectivity index (χ2v) is 13.7. The van der Waals surface area contributed by atoms with Crippen LogP contribution in [-0.4, -0.2) is 15.0 Å². The summed E-state index contributed by atoms with van der Waals surface area (Å²) < 4.78 is 0. The summed E-state index contributed by atoms with van der Waals surface area (Å²) in [7, 11) is 0. The van der Waals surface area contributed by atoms with Gasteiger partial charge in [-0.2, -0.15) is 0 Å². The molecule has 4 aromatic rings. The average Bonchev–Trinajstić information content (AvgIpc) is 3.36. The molecule has 0 amide bonds. The zero-order chi connectivity index (χ0) is 27.0. The molecule has 0 spiro atoms. The largest absolute Gasteiger partial charge is 0.358 e. The van der Waals surface area contributed by atoms with Crippen LogP contribution in [0.1, 0.15) is 84.8 Å². The normalized spacial score (nSPS) is 11.9. The summed E-state index contributed by atoms with van der Waals surface area (Å²) >= 11 is 0. The van der Waals surface area contributed by atoms with Crippen LogP contribution in [-0.2, 0) is 19.3 Å². The maximum Gasteiger partial charge on any atom is 0.0921 e. The second kappa shape index (κ2) is 12.4. The Morgan fingerprint density at radius 1 is 0.667 bits per heavy atom. The highest BCUT2D eigenvalue weighted by Crippen LogP contribution is 2.23. The summed E-state index contributed by atoms with van der Waals surface area (Å²) in [6.07, 6.45) is 6.92. The topological polar surface area (TPSA) is 44.5 Å². The van der Waals surface area contributed by atoms with Crippen molar-refractivity contribution in [2.45, 2.75) is 88.5 Å². The number of H-pyrrole nitrogens is 2. The predicted octanol–water partition coefficient (Wildman–Crippen LogP) is 9.34. The molecule has 2 aromatic carbocycles. The van der Waals surface area contributed by atoms with E-state index < -0.39 is 0 Å². The maximum absolute atomic E-state index is 3.95. The molecule has 2 N–H and O–H groups in total. The summed E-state index contributed by atoms with van der Waals surface area (Å²) in [6.45, 7) is 22.4. The average molecular weight is 488 g/mol. The zero-order valence-corrected chi connectivity index (χ0v) is 24.4. The monoisotopic (exact) mass is 487 g/mol. The third-order valence-corrected chi connectivity index (χ3v) is 5.44. The van der Waals surface area contributed by atoms with Crippen molar-refractivity contribution in [1.82, 2.24) is 15.0 Å². The molecule has 0 saturated carbocycles. The fourth-order valence-corrected chi connectivity index (χ4v) is 4.07. The van der Waals surface area contributed by atoms with E-state index in [0.29, 0.717) is 16.2 Å². The molecule has 0 saturated heterocycles. The Kier molecular flexibility index (Phi) is 10.2. The molecule has 196 valence electrons. The number of aromatic nitrogens is 3. The van der Waals surface area contributed by atoms with Crippen LogP contribution in [0.2, 0.25) is 0 Å². The van der Waals surface area contributed by atoms with Gasteiger partial charge in [0.15, 0.2) is 0 Å². The molecule has 3 nitrogen and oxygen atoms in total. The van der Waals surface area contributed by atoms with Crippen molar-refractivity contribution in [1.29, 1.82) is 0 Å². The van der Waals surface area contributed by atoms with Gasteiger partial charge in [0.25, 0.3) is 0 Å². The molecular formula is C33H49N3. The molecule has 0 aliphatic heterocycles. The minimum absolute atomic E-state index is 0.348. The van der Waals surface area contributed by atoms with E-state index in [-0.39, 0.29) is 0 Å². The number of benzene rings is 2. The van der Waals surface area contributed by atoms with Crippen molar-refractivity contribution in [2.24, 2.45) is 16.2 Å². The van der Waals surface area contributed by atoms with Gasteiger partial charge in [-0.1, -0.05) is 110 Å². The molecular weight excluding hydrogens is 438 g/mol. The van der Waals surface area contributed by atoms with E-state index in [2.05, 4.69) is 139 Å². The summed E-state index contributed by atoms with van der Waals surface area (Å²) in [6, 6.07) is 19.5. The Labute approximate surface area is 220 Å². The van der Waals surface area contributed by atoms with E-state index in [9.17, 15) is 0 Å². The minimum atomic E-state index is 0.348. The Bertz CT molecular complexity index is 1110. The van der Waals surface area contributed by atoms with E-state index in [4.69, 9.17) is 0 Å². The van der Waals surface area contributed by atoms with Crippen molar-refractivity contribution >= 4 is 10.9 Å². The number of rotatable bonds is 3. The van der Waals surface area contributed by atoms with E-state index in [0.717, 1.165) is 19.3 Å². The number of nitrogens with zero attached hydrogens (tertiary/aromatic N) is 1. The Balaban J connectivity index is 0.000000193. The number of imidazole rings is 1. The highest BCUT2D eigenvalue weighted by molar-refractivity contribution is 5.80. The first-order chi connectivity index (χ1) is 16.6. The molecule has 0 radical (unpaired) electrons. The van der Waals surface area contributed by atoms with E-state index in [1.54, 1.807) is 6.33 Å². The fourth-order valence-electron chi connectivity index (χ4n) is 4.07. The SMILES string of the molecule is CC(C)(C)Cc1cc2ccccc2[nH]1.CC(C)(C)Cc1cnc[nH]1.Cc1ccc(CC(C)(C)C)cc1. The van der Waals surface area contributed by atoms with Crippen LogP contribution in [0.15, 0.2) is 67.1 Å². The van der Waals surface area contributed by atoms with Crippen molar-refractivity contribution in [3.63, 3.8) is 0 Å². The molecule has 2 aromatic heterocycles. The molecule has 0 aliphatic carbocycles. The second-order valence-electron chi connectivity index (χ2n) is 13.7. The quantitative estimate of drug-likeness (QED) is 0.297. The lowest BCUT2D eigenvalue weighted by atomic mass is 9.88. The van der Waals surface area contributed by atoms with E-state index in [1.165, 1.54) is 33.4 Å².